The molecule has 0 aromatic carbocycles. The van der Waals surface area contributed by atoms with Gasteiger partial charge in [0.1, 0.15) is 4.88 Å². The van der Waals surface area contributed by atoms with Crippen LogP contribution in [0.25, 0.3) is 0 Å². The Morgan fingerprint density at radius 3 is 2.80 bits per heavy atom. The van der Waals surface area contributed by atoms with Gasteiger partial charge in [0, 0.05) is 10.6 Å². The average molecular weight is 227 g/mol. The minimum atomic E-state index is -0.264. The topological polar surface area (TPSA) is 52.3 Å². The fourth-order valence-corrected chi connectivity index (χ4v) is 1.84. The van der Waals surface area contributed by atoms with Gasteiger partial charge in [-0.15, -0.1) is 11.3 Å². The van der Waals surface area contributed by atoms with E-state index in [1.165, 1.54) is 11.3 Å². The van der Waals surface area contributed by atoms with Crippen LogP contribution in [-0.2, 0) is 4.74 Å². The smallest absolute Gasteiger partial charge is 0.348 e. The standard InChI is InChI=1S/C11H17NO2S/c1-4-7(2)6-14-11(13)10-5-9(12)8(3)15-10/h5,7H,4,6,12H2,1-3H3. The Hall–Kier alpha value is -1.03. The Bertz CT molecular complexity index is 327. The van der Waals surface area contributed by atoms with Crippen molar-refractivity contribution in [3.63, 3.8) is 0 Å². The summed E-state index contributed by atoms with van der Waals surface area (Å²) >= 11 is 1.38. The lowest BCUT2D eigenvalue weighted by Gasteiger charge is -2.08. The molecule has 1 atom stereocenters. The quantitative estimate of drug-likeness (QED) is 0.805. The molecule has 0 spiro atoms. The maximum atomic E-state index is 11.6. The van der Waals surface area contributed by atoms with Gasteiger partial charge in [-0.25, -0.2) is 4.79 Å². The molecule has 0 bridgehead atoms. The summed E-state index contributed by atoms with van der Waals surface area (Å²) in [6, 6.07) is 1.68. The third kappa shape index (κ3) is 3.23. The molecular weight excluding hydrogens is 210 g/mol. The lowest BCUT2D eigenvalue weighted by molar-refractivity contribution is 0.0453. The summed E-state index contributed by atoms with van der Waals surface area (Å²) in [5, 5.41) is 0. The van der Waals surface area contributed by atoms with E-state index in [0.29, 0.717) is 23.1 Å². The Kier molecular flexibility index (Phi) is 4.15. The van der Waals surface area contributed by atoms with E-state index in [1.54, 1.807) is 6.07 Å². The highest BCUT2D eigenvalue weighted by Crippen LogP contribution is 2.24. The highest BCUT2D eigenvalue weighted by molar-refractivity contribution is 7.14. The van der Waals surface area contributed by atoms with Crippen LogP contribution in [0.3, 0.4) is 0 Å². The maximum absolute atomic E-state index is 11.6. The zero-order valence-electron chi connectivity index (χ0n) is 9.37. The van der Waals surface area contributed by atoms with E-state index in [-0.39, 0.29) is 5.97 Å². The van der Waals surface area contributed by atoms with Crippen LogP contribution in [0.15, 0.2) is 6.07 Å². The number of hydrogen-bond acceptors (Lipinski definition) is 4. The Morgan fingerprint density at radius 2 is 2.33 bits per heavy atom. The van der Waals surface area contributed by atoms with Crippen molar-refractivity contribution in [3.05, 3.63) is 15.8 Å². The summed E-state index contributed by atoms with van der Waals surface area (Å²) in [4.78, 5) is 13.1. The lowest BCUT2D eigenvalue weighted by atomic mass is 10.1. The molecular formula is C11H17NO2S. The van der Waals surface area contributed by atoms with Crippen LogP contribution >= 0.6 is 11.3 Å². The van der Waals surface area contributed by atoms with Gasteiger partial charge in [0.15, 0.2) is 0 Å². The summed E-state index contributed by atoms with van der Waals surface area (Å²) in [5.41, 5.74) is 6.33. The molecule has 1 aromatic heterocycles. The number of anilines is 1. The van der Waals surface area contributed by atoms with Gasteiger partial charge < -0.3 is 10.5 Å². The van der Waals surface area contributed by atoms with E-state index in [2.05, 4.69) is 13.8 Å². The van der Waals surface area contributed by atoms with Gasteiger partial charge in [-0.1, -0.05) is 20.3 Å². The number of esters is 1. The number of nitrogen functional groups attached to an aromatic ring is 1. The van der Waals surface area contributed by atoms with Crippen LogP contribution in [-0.4, -0.2) is 12.6 Å². The van der Waals surface area contributed by atoms with E-state index >= 15 is 0 Å². The molecule has 4 heteroatoms. The van der Waals surface area contributed by atoms with Crippen molar-refractivity contribution >= 4 is 23.0 Å². The molecule has 0 radical (unpaired) electrons. The van der Waals surface area contributed by atoms with Gasteiger partial charge in [-0.3, -0.25) is 0 Å². The van der Waals surface area contributed by atoms with Gasteiger partial charge in [0.2, 0.25) is 0 Å². The summed E-state index contributed by atoms with van der Waals surface area (Å²) in [7, 11) is 0. The van der Waals surface area contributed by atoms with E-state index < -0.39 is 0 Å². The highest BCUT2D eigenvalue weighted by atomic mass is 32.1. The summed E-state index contributed by atoms with van der Waals surface area (Å²) in [5.74, 6) is 0.146. The fraction of sp³-hybridized carbons (Fsp3) is 0.545. The van der Waals surface area contributed by atoms with E-state index in [0.717, 1.165) is 11.3 Å². The van der Waals surface area contributed by atoms with Crippen LogP contribution < -0.4 is 5.73 Å². The molecule has 0 amide bonds. The van der Waals surface area contributed by atoms with Crippen molar-refractivity contribution in [1.82, 2.24) is 0 Å². The summed E-state index contributed by atoms with van der Waals surface area (Å²) in [6.07, 6.45) is 1.01. The molecule has 15 heavy (non-hydrogen) atoms. The first-order chi connectivity index (χ1) is 7.04. The minimum absolute atomic E-state index is 0.264. The predicted octanol–water partition coefficient (Wildman–Crippen LogP) is 2.84. The van der Waals surface area contributed by atoms with Crippen LogP contribution in [0.4, 0.5) is 5.69 Å². The van der Waals surface area contributed by atoms with Gasteiger partial charge in [-0.05, 0) is 18.9 Å². The number of carbonyl (C=O) groups excluding carboxylic acids is 1. The fourth-order valence-electron chi connectivity index (χ4n) is 1.00. The van der Waals surface area contributed by atoms with Gasteiger partial charge >= 0.3 is 5.97 Å². The number of carbonyl (C=O) groups is 1. The molecule has 0 saturated heterocycles. The Labute approximate surface area is 94.2 Å². The number of thiophene rings is 1. The van der Waals surface area contributed by atoms with Crippen molar-refractivity contribution in [1.29, 1.82) is 0 Å². The Morgan fingerprint density at radius 1 is 1.67 bits per heavy atom. The third-order valence-corrected chi connectivity index (χ3v) is 3.40. The zero-order chi connectivity index (χ0) is 11.4. The molecule has 2 N–H and O–H groups in total. The average Bonchev–Trinajstić information content (AvgIpc) is 2.55. The molecule has 0 saturated carbocycles. The number of ether oxygens (including phenoxy) is 1. The minimum Gasteiger partial charge on any atom is -0.461 e. The first-order valence-corrected chi connectivity index (χ1v) is 5.89. The maximum Gasteiger partial charge on any atom is 0.348 e. The molecule has 1 heterocycles. The lowest BCUT2D eigenvalue weighted by Crippen LogP contribution is -2.10. The molecule has 0 aliphatic carbocycles. The van der Waals surface area contributed by atoms with Gasteiger partial charge in [-0.2, -0.15) is 0 Å². The second kappa shape index (κ2) is 5.16. The number of rotatable bonds is 4. The second-order valence-electron chi connectivity index (χ2n) is 3.73. The molecule has 0 aliphatic rings. The summed E-state index contributed by atoms with van der Waals surface area (Å²) < 4.78 is 5.16. The third-order valence-electron chi connectivity index (χ3n) is 2.35. The van der Waals surface area contributed by atoms with Crippen molar-refractivity contribution < 1.29 is 9.53 Å². The SMILES string of the molecule is CCC(C)COC(=O)c1cc(N)c(C)s1. The van der Waals surface area contributed by atoms with Crippen molar-refractivity contribution in [2.45, 2.75) is 27.2 Å². The van der Waals surface area contributed by atoms with E-state index in [1.807, 2.05) is 6.92 Å². The molecule has 1 aromatic rings. The molecule has 0 aliphatic heterocycles. The first-order valence-electron chi connectivity index (χ1n) is 5.07. The number of hydrogen-bond donors (Lipinski definition) is 1. The predicted molar refractivity (Wildman–Crippen MR) is 63.2 cm³/mol. The van der Waals surface area contributed by atoms with Crippen LogP contribution in [0.1, 0.15) is 34.8 Å². The van der Waals surface area contributed by atoms with Crippen LogP contribution in [0.5, 0.6) is 0 Å². The van der Waals surface area contributed by atoms with Gasteiger partial charge in [0.25, 0.3) is 0 Å². The normalized spacial score (nSPS) is 12.5. The van der Waals surface area contributed by atoms with E-state index in [4.69, 9.17) is 10.5 Å². The summed E-state index contributed by atoms with van der Waals surface area (Å²) in [6.45, 7) is 6.50. The molecule has 0 fully saturated rings. The van der Waals surface area contributed by atoms with Crippen molar-refractivity contribution in [2.24, 2.45) is 5.92 Å². The monoisotopic (exact) mass is 227 g/mol. The second-order valence-corrected chi connectivity index (χ2v) is 4.99. The van der Waals surface area contributed by atoms with Crippen molar-refractivity contribution in [3.8, 4) is 0 Å². The van der Waals surface area contributed by atoms with Crippen molar-refractivity contribution in [2.75, 3.05) is 12.3 Å². The van der Waals surface area contributed by atoms with Crippen LogP contribution in [0, 0.1) is 12.8 Å². The van der Waals surface area contributed by atoms with Crippen LogP contribution in [0.2, 0.25) is 0 Å². The number of aryl methyl sites for hydroxylation is 1. The molecule has 3 nitrogen and oxygen atoms in total. The largest absolute Gasteiger partial charge is 0.461 e. The van der Waals surface area contributed by atoms with Gasteiger partial charge in [0.05, 0.1) is 6.61 Å². The Balaban J connectivity index is 2.54. The molecule has 1 unspecified atom stereocenters. The molecule has 84 valence electrons. The zero-order valence-corrected chi connectivity index (χ0v) is 10.2. The van der Waals surface area contributed by atoms with E-state index in [9.17, 15) is 4.79 Å². The molecule has 1 rings (SSSR count). The highest BCUT2D eigenvalue weighted by Gasteiger charge is 2.13. The number of nitrogens with two attached hydrogens (primary N) is 1. The first kappa shape index (κ1) is 12.0.